The maximum absolute atomic E-state index is 12.2. The average Bonchev–Trinajstić information content (AvgIpc) is 3.10. The third kappa shape index (κ3) is 2.16. The lowest BCUT2D eigenvalue weighted by Gasteiger charge is -2.26. The van der Waals surface area contributed by atoms with Crippen molar-refractivity contribution in [1.82, 2.24) is 0 Å². The number of hydrogen-bond acceptors (Lipinski definition) is 6. The molecule has 1 N–H and O–H groups in total. The highest BCUT2D eigenvalue weighted by atomic mass is 16.6. The van der Waals surface area contributed by atoms with Crippen molar-refractivity contribution in [3.63, 3.8) is 0 Å². The third-order valence-electron chi connectivity index (χ3n) is 4.05. The zero-order chi connectivity index (χ0) is 15.7. The standard InChI is InChI=1S/C16H17NO5/c1-20-14(18)11-8-13-12(17-10-6-4-3-5-7-10)9-16(11,22-13)15(19)21-2/h3-8,12-13,17H,9H2,1-2H3/t12?,13-,16-/m1/s1. The number of ether oxygens (including phenoxy) is 3. The van der Waals surface area contributed by atoms with Crippen molar-refractivity contribution >= 4 is 17.6 Å². The summed E-state index contributed by atoms with van der Waals surface area (Å²) in [6.45, 7) is 0. The molecule has 6 heteroatoms. The Balaban J connectivity index is 1.87. The second-order valence-electron chi connectivity index (χ2n) is 5.29. The molecule has 3 atom stereocenters. The van der Waals surface area contributed by atoms with Gasteiger partial charge in [-0.15, -0.1) is 0 Å². The number of benzene rings is 1. The van der Waals surface area contributed by atoms with Gasteiger partial charge in [0, 0.05) is 12.1 Å². The summed E-state index contributed by atoms with van der Waals surface area (Å²) in [5.41, 5.74) is -0.228. The zero-order valence-electron chi connectivity index (χ0n) is 12.4. The fourth-order valence-electron chi connectivity index (χ4n) is 3.04. The molecule has 0 saturated carbocycles. The Kier molecular flexibility index (Phi) is 3.62. The fraction of sp³-hybridized carbons (Fsp3) is 0.375. The van der Waals surface area contributed by atoms with Gasteiger partial charge >= 0.3 is 11.9 Å². The number of carbonyl (C=O) groups is 2. The second kappa shape index (κ2) is 5.46. The van der Waals surface area contributed by atoms with Crippen molar-refractivity contribution < 1.29 is 23.8 Å². The lowest BCUT2D eigenvalue weighted by Crippen LogP contribution is -2.44. The van der Waals surface area contributed by atoms with Crippen LogP contribution in [0, 0.1) is 0 Å². The minimum atomic E-state index is -1.38. The molecule has 2 heterocycles. The highest BCUT2D eigenvalue weighted by Gasteiger charge is 2.61. The molecule has 1 aromatic carbocycles. The minimum Gasteiger partial charge on any atom is -0.467 e. The number of esters is 2. The molecule has 3 rings (SSSR count). The van der Waals surface area contributed by atoms with E-state index in [4.69, 9.17) is 14.2 Å². The molecule has 22 heavy (non-hydrogen) atoms. The number of methoxy groups -OCH3 is 2. The summed E-state index contributed by atoms with van der Waals surface area (Å²) in [5, 5.41) is 3.32. The predicted molar refractivity (Wildman–Crippen MR) is 78.2 cm³/mol. The fourth-order valence-corrected chi connectivity index (χ4v) is 3.04. The summed E-state index contributed by atoms with van der Waals surface area (Å²) >= 11 is 0. The van der Waals surface area contributed by atoms with E-state index in [1.54, 1.807) is 6.08 Å². The highest BCUT2D eigenvalue weighted by Crippen LogP contribution is 2.45. The van der Waals surface area contributed by atoms with Gasteiger partial charge in [-0.3, -0.25) is 0 Å². The van der Waals surface area contributed by atoms with E-state index in [1.165, 1.54) is 14.2 Å². The molecule has 0 radical (unpaired) electrons. The number of nitrogens with one attached hydrogen (secondary N) is 1. The lowest BCUT2D eigenvalue weighted by atomic mass is 9.83. The van der Waals surface area contributed by atoms with Crippen LogP contribution in [0.4, 0.5) is 5.69 Å². The highest BCUT2D eigenvalue weighted by molar-refractivity contribution is 6.01. The van der Waals surface area contributed by atoms with E-state index in [9.17, 15) is 9.59 Å². The van der Waals surface area contributed by atoms with E-state index >= 15 is 0 Å². The zero-order valence-corrected chi connectivity index (χ0v) is 12.4. The van der Waals surface area contributed by atoms with Gasteiger partial charge in [0.25, 0.3) is 0 Å². The van der Waals surface area contributed by atoms with Crippen LogP contribution < -0.4 is 5.32 Å². The predicted octanol–water partition coefficient (Wildman–Crippen LogP) is 1.28. The summed E-state index contributed by atoms with van der Waals surface area (Å²) in [7, 11) is 2.56. The van der Waals surface area contributed by atoms with Gasteiger partial charge in [0.2, 0.25) is 0 Å². The molecule has 0 aliphatic carbocycles. The SMILES string of the molecule is COC(=O)C1=C[C@H]2O[C@]1(C(=O)OC)CC2Nc1ccccc1. The van der Waals surface area contributed by atoms with Gasteiger partial charge in [-0.2, -0.15) is 0 Å². The minimum absolute atomic E-state index is 0.116. The third-order valence-corrected chi connectivity index (χ3v) is 4.05. The van der Waals surface area contributed by atoms with Crippen LogP contribution in [0.5, 0.6) is 0 Å². The van der Waals surface area contributed by atoms with Gasteiger partial charge in [-0.25, -0.2) is 9.59 Å². The summed E-state index contributed by atoms with van der Waals surface area (Å²) in [4.78, 5) is 24.1. The van der Waals surface area contributed by atoms with Gasteiger partial charge in [-0.05, 0) is 18.2 Å². The number of para-hydroxylation sites is 1. The van der Waals surface area contributed by atoms with Gasteiger partial charge in [0.1, 0.15) is 0 Å². The van der Waals surface area contributed by atoms with Crippen LogP contribution in [-0.2, 0) is 23.8 Å². The molecular weight excluding hydrogens is 286 g/mol. The molecule has 0 aromatic heterocycles. The normalized spacial score (nSPS) is 28.9. The van der Waals surface area contributed by atoms with Gasteiger partial charge in [0.15, 0.2) is 5.60 Å². The van der Waals surface area contributed by atoms with Crippen molar-refractivity contribution in [2.75, 3.05) is 19.5 Å². The number of anilines is 1. The lowest BCUT2D eigenvalue weighted by molar-refractivity contribution is -0.162. The molecule has 2 aliphatic rings. The quantitative estimate of drug-likeness (QED) is 0.845. The molecule has 1 saturated heterocycles. The van der Waals surface area contributed by atoms with Crippen molar-refractivity contribution in [1.29, 1.82) is 0 Å². The van der Waals surface area contributed by atoms with E-state index in [1.807, 2.05) is 30.3 Å². The van der Waals surface area contributed by atoms with Crippen LogP contribution in [0.25, 0.3) is 0 Å². The van der Waals surface area contributed by atoms with Crippen molar-refractivity contribution in [3.8, 4) is 0 Å². The molecule has 0 amide bonds. The summed E-state index contributed by atoms with van der Waals surface area (Å²) in [6, 6.07) is 9.51. The van der Waals surface area contributed by atoms with E-state index in [2.05, 4.69) is 5.32 Å². The molecule has 1 fully saturated rings. The number of fused-ring (bicyclic) bond motifs is 2. The van der Waals surface area contributed by atoms with Gasteiger partial charge in [-0.1, -0.05) is 18.2 Å². The molecule has 2 bridgehead atoms. The van der Waals surface area contributed by atoms with Crippen LogP contribution >= 0.6 is 0 Å². The van der Waals surface area contributed by atoms with Crippen LogP contribution in [0.1, 0.15) is 6.42 Å². The Morgan fingerprint density at radius 3 is 2.59 bits per heavy atom. The maximum atomic E-state index is 12.2. The monoisotopic (exact) mass is 303 g/mol. The van der Waals surface area contributed by atoms with Crippen LogP contribution in [0.2, 0.25) is 0 Å². The molecule has 1 unspecified atom stereocenters. The number of hydrogen-bond donors (Lipinski definition) is 1. The van der Waals surface area contributed by atoms with Crippen molar-refractivity contribution in [2.24, 2.45) is 0 Å². The first-order valence-corrected chi connectivity index (χ1v) is 6.99. The van der Waals surface area contributed by atoms with Crippen molar-refractivity contribution in [2.45, 2.75) is 24.2 Å². The van der Waals surface area contributed by atoms with Crippen molar-refractivity contribution in [3.05, 3.63) is 42.0 Å². The molecule has 6 nitrogen and oxygen atoms in total. The summed E-state index contributed by atoms with van der Waals surface area (Å²) in [6.07, 6.45) is 1.58. The molecular formula is C16H17NO5. The Labute approximate surface area is 128 Å². The molecule has 0 spiro atoms. The molecule has 2 aliphatic heterocycles. The van der Waals surface area contributed by atoms with Gasteiger partial charge in [0.05, 0.1) is 31.9 Å². The Morgan fingerprint density at radius 1 is 1.23 bits per heavy atom. The second-order valence-corrected chi connectivity index (χ2v) is 5.29. The van der Waals surface area contributed by atoms with E-state index < -0.39 is 17.5 Å². The smallest absolute Gasteiger partial charge is 0.343 e. The topological polar surface area (TPSA) is 73.9 Å². The number of rotatable bonds is 4. The first-order chi connectivity index (χ1) is 10.6. The van der Waals surface area contributed by atoms with Gasteiger partial charge < -0.3 is 19.5 Å². The Hall–Kier alpha value is -2.34. The molecule has 116 valence electrons. The first kappa shape index (κ1) is 14.6. The van der Waals surface area contributed by atoms with Crippen LogP contribution in [-0.4, -0.2) is 43.9 Å². The summed E-state index contributed by atoms with van der Waals surface area (Å²) < 4.78 is 15.4. The van der Waals surface area contributed by atoms with Crippen LogP contribution in [0.3, 0.4) is 0 Å². The first-order valence-electron chi connectivity index (χ1n) is 6.99. The van der Waals surface area contributed by atoms with E-state index in [-0.39, 0.29) is 17.7 Å². The van der Waals surface area contributed by atoms with E-state index in [0.717, 1.165) is 5.69 Å². The number of carbonyl (C=O) groups excluding carboxylic acids is 2. The average molecular weight is 303 g/mol. The maximum Gasteiger partial charge on any atom is 0.343 e. The Bertz CT molecular complexity index is 627. The molecule has 1 aromatic rings. The summed E-state index contributed by atoms with van der Waals surface area (Å²) in [5.74, 6) is -1.14. The van der Waals surface area contributed by atoms with Crippen LogP contribution in [0.15, 0.2) is 42.0 Å². The Morgan fingerprint density at radius 2 is 1.95 bits per heavy atom. The van der Waals surface area contributed by atoms with E-state index in [0.29, 0.717) is 6.42 Å². The largest absolute Gasteiger partial charge is 0.467 e.